The number of aromatic nitrogens is 2. The van der Waals surface area contributed by atoms with Gasteiger partial charge < -0.3 is 15.5 Å². The molecule has 0 aliphatic carbocycles. The maximum Gasteiger partial charge on any atom is 0.263 e. The van der Waals surface area contributed by atoms with Gasteiger partial charge in [-0.15, -0.1) is 11.8 Å². The minimum atomic E-state index is -2.52. The lowest BCUT2D eigenvalue weighted by atomic mass is 10.1. The average molecular weight is 413 g/mol. The molecule has 0 spiro atoms. The van der Waals surface area contributed by atoms with Crippen molar-refractivity contribution in [2.45, 2.75) is 23.9 Å². The van der Waals surface area contributed by atoms with Gasteiger partial charge in [-0.05, 0) is 23.8 Å². The molecule has 3 aromatic rings. The molecule has 1 saturated heterocycles. The van der Waals surface area contributed by atoms with Gasteiger partial charge in [0.2, 0.25) is 5.95 Å². The SMILES string of the molecule is NC1CN(c2nc(N3CCSc4ccccc4C3)nc3ccc(C(F)F)cc23)C1. The van der Waals surface area contributed by atoms with Crippen LogP contribution in [0.3, 0.4) is 0 Å². The fourth-order valence-electron chi connectivity index (χ4n) is 3.82. The molecule has 0 atom stereocenters. The monoisotopic (exact) mass is 413 g/mol. The van der Waals surface area contributed by atoms with Gasteiger partial charge in [0.1, 0.15) is 5.82 Å². The zero-order chi connectivity index (χ0) is 20.0. The molecule has 0 saturated carbocycles. The molecule has 1 aromatic heterocycles. The van der Waals surface area contributed by atoms with E-state index in [1.165, 1.54) is 22.6 Å². The van der Waals surface area contributed by atoms with E-state index in [0.717, 1.165) is 18.8 Å². The Hall–Kier alpha value is -2.45. The summed E-state index contributed by atoms with van der Waals surface area (Å²) < 4.78 is 26.5. The number of fused-ring (bicyclic) bond motifs is 2. The number of hydrogen-bond acceptors (Lipinski definition) is 6. The second-order valence-electron chi connectivity index (χ2n) is 7.47. The van der Waals surface area contributed by atoms with Gasteiger partial charge in [-0.1, -0.05) is 24.3 Å². The van der Waals surface area contributed by atoms with Crippen LogP contribution in [0.15, 0.2) is 47.4 Å². The molecule has 5 rings (SSSR count). The summed E-state index contributed by atoms with van der Waals surface area (Å²) in [4.78, 5) is 15.1. The van der Waals surface area contributed by atoms with E-state index in [1.54, 1.807) is 6.07 Å². The summed E-state index contributed by atoms with van der Waals surface area (Å²) in [5.41, 5.74) is 7.88. The van der Waals surface area contributed by atoms with Crippen molar-refractivity contribution < 1.29 is 8.78 Å². The Balaban J connectivity index is 1.58. The van der Waals surface area contributed by atoms with Crippen LogP contribution in [0.4, 0.5) is 20.5 Å². The van der Waals surface area contributed by atoms with Crippen molar-refractivity contribution in [1.29, 1.82) is 0 Å². The predicted molar refractivity (Wildman–Crippen MR) is 113 cm³/mol. The summed E-state index contributed by atoms with van der Waals surface area (Å²) in [6, 6.07) is 13.1. The first kappa shape index (κ1) is 18.6. The fourth-order valence-corrected chi connectivity index (χ4v) is 4.84. The van der Waals surface area contributed by atoms with E-state index in [0.29, 0.717) is 35.8 Å². The number of nitrogens with two attached hydrogens (primary N) is 1. The lowest BCUT2D eigenvalue weighted by Gasteiger charge is -2.38. The van der Waals surface area contributed by atoms with Crippen LogP contribution in [0.5, 0.6) is 0 Å². The molecule has 8 heteroatoms. The van der Waals surface area contributed by atoms with Crippen molar-refractivity contribution in [2.75, 3.05) is 35.2 Å². The topological polar surface area (TPSA) is 58.3 Å². The van der Waals surface area contributed by atoms with Crippen LogP contribution in [0.25, 0.3) is 10.9 Å². The van der Waals surface area contributed by atoms with E-state index in [-0.39, 0.29) is 11.6 Å². The van der Waals surface area contributed by atoms with Crippen LogP contribution < -0.4 is 15.5 Å². The highest BCUT2D eigenvalue weighted by atomic mass is 32.2. The second kappa shape index (κ2) is 7.42. The van der Waals surface area contributed by atoms with Gasteiger partial charge in [-0.3, -0.25) is 0 Å². The van der Waals surface area contributed by atoms with Gasteiger partial charge in [0, 0.05) is 53.8 Å². The molecule has 150 valence electrons. The van der Waals surface area contributed by atoms with Gasteiger partial charge in [0.05, 0.1) is 5.52 Å². The van der Waals surface area contributed by atoms with Crippen LogP contribution in [0.2, 0.25) is 0 Å². The predicted octanol–water partition coefficient (Wildman–Crippen LogP) is 3.83. The van der Waals surface area contributed by atoms with Gasteiger partial charge >= 0.3 is 0 Å². The number of rotatable bonds is 3. The lowest BCUT2D eigenvalue weighted by molar-refractivity contribution is 0.151. The molecule has 0 amide bonds. The summed E-state index contributed by atoms with van der Waals surface area (Å²) in [5, 5.41) is 0.656. The Morgan fingerprint density at radius 2 is 1.90 bits per heavy atom. The molecule has 2 aliphatic rings. The molecule has 0 radical (unpaired) electrons. The molecule has 3 heterocycles. The third kappa shape index (κ3) is 3.51. The van der Waals surface area contributed by atoms with Crippen molar-refractivity contribution in [3.05, 3.63) is 53.6 Å². The number of anilines is 2. The molecule has 0 unspecified atom stereocenters. The quantitative estimate of drug-likeness (QED) is 0.704. The highest BCUT2D eigenvalue weighted by molar-refractivity contribution is 7.99. The smallest absolute Gasteiger partial charge is 0.263 e. The van der Waals surface area contributed by atoms with Crippen molar-refractivity contribution in [3.63, 3.8) is 0 Å². The molecular weight excluding hydrogens is 392 g/mol. The Kier molecular flexibility index (Phi) is 4.75. The van der Waals surface area contributed by atoms with E-state index in [1.807, 2.05) is 22.7 Å². The van der Waals surface area contributed by atoms with Crippen LogP contribution in [-0.4, -0.2) is 41.4 Å². The normalized spacial score (nSPS) is 17.4. The largest absolute Gasteiger partial charge is 0.353 e. The van der Waals surface area contributed by atoms with E-state index >= 15 is 0 Å². The molecule has 0 bridgehead atoms. The Labute approximate surface area is 171 Å². The molecule has 2 N–H and O–H groups in total. The van der Waals surface area contributed by atoms with Crippen molar-refractivity contribution in [3.8, 4) is 0 Å². The summed E-state index contributed by atoms with van der Waals surface area (Å²) in [7, 11) is 0. The zero-order valence-electron chi connectivity index (χ0n) is 15.8. The minimum absolute atomic E-state index is 0.0139. The Bertz CT molecular complexity index is 1050. The average Bonchev–Trinajstić information content (AvgIpc) is 2.93. The minimum Gasteiger partial charge on any atom is -0.353 e. The first-order valence-electron chi connectivity index (χ1n) is 9.64. The van der Waals surface area contributed by atoms with Gasteiger partial charge in [-0.2, -0.15) is 4.98 Å². The molecule has 2 aromatic carbocycles. The van der Waals surface area contributed by atoms with E-state index in [9.17, 15) is 8.78 Å². The first-order valence-corrected chi connectivity index (χ1v) is 10.6. The second-order valence-corrected chi connectivity index (χ2v) is 8.60. The van der Waals surface area contributed by atoms with Crippen molar-refractivity contribution >= 4 is 34.4 Å². The number of benzene rings is 2. The van der Waals surface area contributed by atoms with Crippen LogP contribution >= 0.6 is 11.8 Å². The molecule has 1 fully saturated rings. The number of thioether (sulfide) groups is 1. The Morgan fingerprint density at radius 1 is 1.07 bits per heavy atom. The first-order chi connectivity index (χ1) is 14.1. The van der Waals surface area contributed by atoms with Crippen LogP contribution in [0.1, 0.15) is 17.6 Å². The zero-order valence-corrected chi connectivity index (χ0v) is 16.6. The van der Waals surface area contributed by atoms with E-state index < -0.39 is 6.43 Å². The number of alkyl halides is 2. The van der Waals surface area contributed by atoms with Crippen LogP contribution in [-0.2, 0) is 6.54 Å². The number of nitrogens with zero attached hydrogens (tertiary/aromatic N) is 4. The number of hydrogen-bond donors (Lipinski definition) is 1. The van der Waals surface area contributed by atoms with Gasteiger partial charge in [0.15, 0.2) is 0 Å². The Morgan fingerprint density at radius 3 is 2.69 bits per heavy atom. The maximum absolute atomic E-state index is 13.3. The lowest BCUT2D eigenvalue weighted by Crippen LogP contribution is -2.56. The molecule has 2 aliphatic heterocycles. The van der Waals surface area contributed by atoms with E-state index in [2.05, 4.69) is 23.1 Å². The van der Waals surface area contributed by atoms with E-state index in [4.69, 9.17) is 15.7 Å². The standard InChI is InChI=1S/C21H21F2N5S/c22-19(23)13-5-6-17-16(9-13)20(28-11-15(24)12-28)26-21(25-17)27-7-8-29-18-4-2-1-3-14(18)10-27/h1-6,9,15,19H,7-8,10-12,24H2. The fraction of sp³-hybridized carbons (Fsp3) is 0.333. The molecule has 5 nitrogen and oxygen atoms in total. The summed E-state index contributed by atoms with van der Waals surface area (Å²) >= 11 is 1.84. The molecular formula is C21H21F2N5S. The van der Waals surface area contributed by atoms with Gasteiger partial charge in [0.25, 0.3) is 6.43 Å². The number of halogens is 2. The van der Waals surface area contributed by atoms with Crippen LogP contribution in [0, 0.1) is 0 Å². The highest BCUT2D eigenvalue weighted by Crippen LogP contribution is 2.34. The third-order valence-corrected chi connectivity index (χ3v) is 6.48. The van der Waals surface area contributed by atoms with Gasteiger partial charge in [-0.25, -0.2) is 13.8 Å². The molecule has 29 heavy (non-hydrogen) atoms. The van der Waals surface area contributed by atoms with Crippen molar-refractivity contribution in [2.24, 2.45) is 5.73 Å². The summed E-state index contributed by atoms with van der Waals surface area (Å²) in [5.74, 6) is 2.27. The summed E-state index contributed by atoms with van der Waals surface area (Å²) in [6.45, 7) is 2.88. The summed E-state index contributed by atoms with van der Waals surface area (Å²) in [6.07, 6.45) is -2.52. The third-order valence-electron chi connectivity index (χ3n) is 5.38. The van der Waals surface area contributed by atoms with Crippen molar-refractivity contribution in [1.82, 2.24) is 9.97 Å². The highest BCUT2D eigenvalue weighted by Gasteiger charge is 2.28. The maximum atomic E-state index is 13.3.